The molecule has 0 aliphatic carbocycles. The van der Waals surface area contributed by atoms with Crippen LogP contribution in [-0.2, 0) is 4.84 Å². The molecule has 0 bridgehead atoms. The maximum absolute atomic E-state index is 4.59. The van der Waals surface area contributed by atoms with E-state index in [2.05, 4.69) is 23.2 Å². The minimum absolute atomic E-state index is 0.572. The van der Waals surface area contributed by atoms with E-state index in [9.17, 15) is 0 Å². The minimum atomic E-state index is 0.572. The van der Waals surface area contributed by atoms with E-state index in [1.54, 1.807) is 6.92 Å². The van der Waals surface area contributed by atoms with Crippen molar-refractivity contribution in [2.24, 2.45) is 5.16 Å². The number of rotatable bonds is 3. The summed E-state index contributed by atoms with van der Waals surface area (Å²) in [7, 11) is 0. The lowest BCUT2D eigenvalue weighted by Crippen LogP contribution is -1.73. The van der Waals surface area contributed by atoms with Crippen molar-refractivity contribution in [1.29, 1.82) is 0 Å². The fourth-order valence-electron chi connectivity index (χ4n) is 0.163. The Balaban J connectivity index is -0.0000000304. The molecule has 0 aromatic rings. The first-order chi connectivity index (χ1) is 8.77. The van der Waals surface area contributed by atoms with Crippen LogP contribution in [0.2, 0.25) is 0 Å². The molecule has 0 radical (unpaired) electrons. The maximum atomic E-state index is 4.59. The van der Waals surface area contributed by atoms with Crippen LogP contribution >= 0.6 is 0 Å². The molecular weight excluding hydrogens is 222 g/mol. The molecule has 114 valence electrons. The van der Waals surface area contributed by atoms with Crippen LogP contribution in [0, 0.1) is 0 Å². The number of nitrogens with zero attached hydrogens (tertiary/aromatic N) is 1. The van der Waals surface area contributed by atoms with Gasteiger partial charge in [0.1, 0.15) is 5.76 Å². The van der Waals surface area contributed by atoms with E-state index in [-0.39, 0.29) is 0 Å². The van der Waals surface area contributed by atoms with Gasteiger partial charge in [-0.15, -0.1) is 0 Å². The fraction of sp³-hybridized carbons (Fsp3) is 0.688. The predicted octanol–water partition coefficient (Wildman–Crippen LogP) is 6.84. The first-order valence-corrected chi connectivity index (χ1v) is 7.24. The number of allylic oxidation sites excluding steroid dienone is 2. The summed E-state index contributed by atoms with van der Waals surface area (Å²) in [5.74, 6) is 0.572. The third kappa shape index (κ3) is 186. The van der Waals surface area contributed by atoms with Crippen LogP contribution in [0.1, 0.15) is 76.2 Å². The Morgan fingerprint density at radius 3 is 1.28 bits per heavy atom. The van der Waals surface area contributed by atoms with E-state index < -0.39 is 0 Å². The van der Waals surface area contributed by atoms with Gasteiger partial charge in [0, 0.05) is 0 Å². The molecule has 0 aliphatic heterocycles. The number of hydrogen-bond donors (Lipinski definition) is 0. The van der Waals surface area contributed by atoms with Crippen molar-refractivity contribution in [2.75, 3.05) is 0 Å². The summed E-state index contributed by atoms with van der Waals surface area (Å²) in [6.07, 6.45) is 2.98. The molecule has 0 unspecified atom stereocenters. The SMILES string of the molecule is C=C/C=N\OC(=C)C.CC.CC.CC.CC.CC. The molecule has 0 heterocycles. The van der Waals surface area contributed by atoms with E-state index in [0.29, 0.717) is 5.76 Å². The summed E-state index contributed by atoms with van der Waals surface area (Å²) in [5.41, 5.74) is 0. The van der Waals surface area contributed by atoms with E-state index in [0.717, 1.165) is 0 Å². The van der Waals surface area contributed by atoms with Crippen LogP contribution in [0.5, 0.6) is 0 Å². The molecule has 0 spiro atoms. The average molecular weight is 261 g/mol. The van der Waals surface area contributed by atoms with Gasteiger partial charge < -0.3 is 4.84 Å². The van der Waals surface area contributed by atoms with Crippen molar-refractivity contribution in [3.63, 3.8) is 0 Å². The summed E-state index contributed by atoms with van der Waals surface area (Å²) >= 11 is 0. The van der Waals surface area contributed by atoms with Crippen LogP contribution < -0.4 is 0 Å². The van der Waals surface area contributed by atoms with Crippen LogP contribution in [-0.4, -0.2) is 6.21 Å². The van der Waals surface area contributed by atoms with Crippen molar-refractivity contribution >= 4 is 6.21 Å². The number of oxime groups is 1. The molecule has 0 amide bonds. The Hall–Kier alpha value is -1.05. The second-order valence-electron chi connectivity index (χ2n) is 1.28. The van der Waals surface area contributed by atoms with Gasteiger partial charge in [0.15, 0.2) is 0 Å². The lowest BCUT2D eigenvalue weighted by atomic mass is 10.7. The van der Waals surface area contributed by atoms with Gasteiger partial charge in [-0.1, -0.05) is 87.6 Å². The molecule has 0 fully saturated rings. The van der Waals surface area contributed by atoms with Gasteiger partial charge >= 0.3 is 0 Å². The Morgan fingerprint density at radius 2 is 1.11 bits per heavy atom. The van der Waals surface area contributed by atoms with Crippen molar-refractivity contribution < 1.29 is 4.84 Å². The van der Waals surface area contributed by atoms with Crippen LogP contribution in [0.25, 0.3) is 0 Å². The quantitative estimate of drug-likeness (QED) is 0.309. The van der Waals surface area contributed by atoms with Crippen LogP contribution in [0.3, 0.4) is 0 Å². The standard InChI is InChI=1S/C6H9NO.5C2H6/c1-4-5-7-8-6(2)3;5*1-2/h4-5H,1-2H2,3H3;5*1-2H3/b7-5-;;;;;. The van der Waals surface area contributed by atoms with Crippen molar-refractivity contribution in [3.05, 3.63) is 25.0 Å². The van der Waals surface area contributed by atoms with E-state index in [4.69, 9.17) is 0 Å². The molecule has 2 heteroatoms. The van der Waals surface area contributed by atoms with Gasteiger partial charge in [0.2, 0.25) is 0 Å². The molecular formula is C16H39NO. The molecule has 18 heavy (non-hydrogen) atoms. The second kappa shape index (κ2) is 101. The van der Waals surface area contributed by atoms with Gasteiger partial charge in [-0.2, -0.15) is 0 Å². The zero-order valence-corrected chi connectivity index (χ0v) is 14.9. The van der Waals surface area contributed by atoms with Gasteiger partial charge in [-0.3, -0.25) is 0 Å². The third-order valence-corrected chi connectivity index (χ3v) is 0.375. The first kappa shape index (κ1) is 36.0. The molecule has 0 atom stereocenters. The summed E-state index contributed by atoms with van der Waals surface area (Å²) in [5, 5.41) is 3.45. The molecule has 2 nitrogen and oxygen atoms in total. The highest BCUT2D eigenvalue weighted by Crippen LogP contribution is 1.87. The zero-order chi connectivity index (χ0) is 16.4. The Morgan fingerprint density at radius 1 is 0.833 bits per heavy atom. The predicted molar refractivity (Wildman–Crippen MR) is 91.3 cm³/mol. The van der Waals surface area contributed by atoms with Gasteiger partial charge in [0.05, 0.1) is 6.21 Å². The van der Waals surface area contributed by atoms with Crippen molar-refractivity contribution in [3.8, 4) is 0 Å². The smallest absolute Gasteiger partial charge is 0.124 e. The molecule has 0 rings (SSSR count). The van der Waals surface area contributed by atoms with E-state index in [1.165, 1.54) is 12.3 Å². The Bertz CT molecular complexity index is 118. The summed E-state index contributed by atoms with van der Waals surface area (Å²) < 4.78 is 0. The lowest BCUT2D eigenvalue weighted by Gasteiger charge is -1.89. The highest BCUT2D eigenvalue weighted by Gasteiger charge is 1.73. The van der Waals surface area contributed by atoms with Crippen molar-refractivity contribution in [2.45, 2.75) is 76.2 Å². The largest absolute Gasteiger partial charge is 0.362 e. The molecule has 0 N–H and O–H groups in total. The van der Waals surface area contributed by atoms with Crippen molar-refractivity contribution in [1.82, 2.24) is 0 Å². The first-order valence-electron chi connectivity index (χ1n) is 7.24. The van der Waals surface area contributed by atoms with E-state index >= 15 is 0 Å². The maximum Gasteiger partial charge on any atom is 0.124 e. The third-order valence-electron chi connectivity index (χ3n) is 0.375. The normalized spacial score (nSPS) is 5.72. The van der Waals surface area contributed by atoms with E-state index in [1.807, 2.05) is 69.2 Å². The van der Waals surface area contributed by atoms with Gasteiger partial charge in [-0.05, 0) is 13.0 Å². The summed E-state index contributed by atoms with van der Waals surface area (Å²) in [6, 6.07) is 0. The highest BCUT2D eigenvalue weighted by molar-refractivity contribution is 5.69. The van der Waals surface area contributed by atoms with Gasteiger partial charge in [-0.25, -0.2) is 0 Å². The Kier molecular flexibility index (Phi) is 201. The Labute approximate surface area is 118 Å². The average Bonchev–Trinajstić information content (AvgIpc) is 2.49. The summed E-state index contributed by atoms with van der Waals surface area (Å²) in [6.45, 7) is 28.6. The zero-order valence-electron chi connectivity index (χ0n) is 14.9. The fourth-order valence-corrected chi connectivity index (χ4v) is 0.163. The molecule has 0 saturated heterocycles. The minimum Gasteiger partial charge on any atom is -0.362 e. The summed E-state index contributed by atoms with van der Waals surface area (Å²) in [4.78, 5) is 4.59. The second-order valence-corrected chi connectivity index (χ2v) is 1.28. The van der Waals surface area contributed by atoms with Crippen LogP contribution in [0.15, 0.2) is 30.1 Å². The number of hydrogen-bond acceptors (Lipinski definition) is 2. The monoisotopic (exact) mass is 261 g/mol. The highest BCUT2D eigenvalue weighted by atomic mass is 16.6. The topological polar surface area (TPSA) is 21.6 Å². The van der Waals surface area contributed by atoms with Crippen LogP contribution in [0.4, 0.5) is 0 Å². The molecule has 0 saturated carbocycles. The van der Waals surface area contributed by atoms with Gasteiger partial charge in [0.25, 0.3) is 0 Å². The molecule has 0 aromatic heterocycles. The lowest BCUT2D eigenvalue weighted by molar-refractivity contribution is 0.233. The molecule has 0 aliphatic rings. The molecule has 0 aromatic carbocycles.